The molecule has 1 atom stereocenters. The topological polar surface area (TPSA) is 41.1 Å². The number of anilines is 1. The van der Waals surface area contributed by atoms with Crippen molar-refractivity contribution >= 4 is 23.4 Å². The Morgan fingerprint density at radius 3 is 2.76 bits per heavy atom. The highest BCUT2D eigenvalue weighted by Gasteiger charge is 2.12. The fourth-order valence-corrected chi connectivity index (χ4v) is 2.00. The lowest BCUT2D eigenvalue weighted by atomic mass is 10.2. The Kier molecular flexibility index (Phi) is 6.08. The van der Waals surface area contributed by atoms with Crippen LogP contribution in [-0.4, -0.2) is 24.7 Å². The highest BCUT2D eigenvalue weighted by Crippen LogP contribution is 2.24. The maximum Gasteiger partial charge on any atom is 0.241 e. The number of hydrogen-bond acceptors (Lipinski definition) is 3. The van der Waals surface area contributed by atoms with Gasteiger partial charge in [-0.3, -0.25) is 4.79 Å². The molecule has 3 nitrogen and oxygen atoms in total. The predicted octanol–water partition coefficient (Wildman–Crippen LogP) is 2.74. The van der Waals surface area contributed by atoms with Gasteiger partial charge in [-0.25, -0.2) is 0 Å². The van der Waals surface area contributed by atoms with Gasteiger partial charge < -0.3 is 10.6 Å². The van der Waals surface area contributed by atoms with E-state index in [4.69, 9.17) is 0 Å². The minimum absolute atomic E-state index is 0.0138. The van der Waals surface area contributed by atoms with Crippen LogP contribution in [0, 0.1) is 0 Å². The van der Waals surface area contributed by atoms with E-state index in [0.717, 1.165) is 23.5 Å². The number of hydrogen-bond donors (Lipinski definition) is 2. The summed E-state index contributed by atoms with van der Waals surface area (Å²) < 4.78 is 0. The summed E-state index contributed by atoms with van der Waals surface area (Å²) in [6, 6.07) is 7.67. The van der Waals surface area contributed by atoms with Gasteiger partial charge in [0, 0.05) is 4.90 Å². The predicted molar refractivity (Wildman–Crippen MR) is 74.6 cm³/mol. The average molecular weight is 252 g/mol. The van der Waals surface area contributed by atoms with Crippen molar-refractivity contribution in [3.8, 4) is 0 Å². The average Bonchev–Trinajstić information content (AvgIpc) is 2.36. The summed E-state index contributed by atoms with van der Waals surface area (Å²) in [5.74, 6) is 0.0138. The molecule has 0 heterocycles. The lowest BCUT2D eigenvalue weighted by Crippen LogP contribution is -2.38. The quantitative estimate of drug-likeness (QED) is 0.765. The van der Waals surface area contributed by atoms with E-state index in [1.165, 1.54) is 0 Å². The summed E-state index contributed by atoms with van der Waals surface area (Å²) in [6.07, 6.45) is 3.03. The summed E-state index contributed by atoms with van der Waals surface area (Å²) in [7, 11) is 0. The lowest BCUT2D eigenvalue weighted by Gasteiger charge is -2.15. The Labute approximate surface area is 107 Å². The summed E-state index contributed by atoms with van der Waals surface area (Å²) >= 11 is 1.63. The maximum atomic E-state index is 11.9. The van der Waals surface area contributed by atoms with Gasteiger partial charge in [0.1, 0.15) is 0 Å². The van der Waals surface area contributed by atoms with Gasteiger partial charge >= 0.3 is 0 Å². The molecule has 0 bridgehead atoms. The second-order valence-electron chi connectivity index (χ2n) is 3.87. The minimum atomic E-state index is -0.162. The molecule has 0 saturated carbocycles. The van der Waals surface area contributed by atoms with E-state index in [1.54, 1.807) is 11.8 Å². The number of rotatable bonds is 6. The Morgan fingerprint density at radius 2 is 2.12 bits per heavy atom. The van der Waals surface area contributed by atoms with Crippen LogP contribution in [0.25, 0.3) is 0 Å². The third-order valence-electron chi connectivity index (χ3n) is 2.46. The summed E-state index contributed by atoms with van der Waals surface area (Å²) in [5, 5.41) is 6.12. The third kappa shape index (κ3) is 4.40. The summed E-state index contributed by atoms with van der Waals surface area (Å²) in [6.45, 7) is 4.83. The van der Waals surface area contributed by atoms with Gasteiger partial charge in [-0.1, -0.05) is 19.1 Å². The second-order valence-corrected chi connectivity index (χ2v) is 4.71. The number of thioether (sulfide) groups is 1. The molecule has 1 unspecified atom stereocenters. The van der Waals surface area contributed by atoms with Crippen molar-refractivity contribution in [3.05, 3.63) is 24.3 Å². The van der Waals surface area contributed by atoms with Crippen LogP contribution in [0.2, 0.25) is 0 Å². The molecule has 17 heavy (non-hydrogen) atoms. The smallest absolute Gasteiger partial charge is 0.241 e. The van der Waals surface area contributed by atoms with Crippen LogP contribution in [0.5, 0.6) is 0 Å². The van der Waals surface area contributed by atoms with Gasteiger partial charge in [-0.05, 0) is 38.3 Å². The molecule has 2 N–H and O–H groups in total. The summed E-state index contributed by atoms with van der Waals surface area (Å²) in [4.78, 5) is 13.0. The van der Waals surface area contributed by atoms with Gasteiger partial charge in [-0.15, -0.1) is 11.8 Å². The first-order valence-corrected chi connectivity index (χ1v) is 7.08. The van der Waals surface area contributed by atoms with Crippen molar-refractivity contribution in [3.63, 3.8) is 0 Å². The number of amides is 1. The lowest BCUT2D eigenvalue weighted by molar-refractivity contribution is -0.117. The maximum absolute atomic E-state index is 11.9. The monoisotopic (exact) mass is 252 g/mol. The summed E-state index contributed by atoms with van der Waals surface area (Å²) in [5.41, 5.74) is 0.884. The molecule has 1 rings (SSSR count). The van der Waals surface area contributed by atoms with E-state index in [0.29, 0.717) is 0 Å². The largest absolute Gasteiger partial charge is 0.324 e. The first-order chi connectivity index (χ1) is 8.19. The molecular formula is C13H20N2OS. The van der Waals surface area contributed by atoms with Crippen molar-refractivity contribution in [2.45, 2.75) is 31.2 Å². The van der Waals surface area contributed by atoms with Crippen molar-refractivity contribution in [2.24, 2.45) is 0 Å². The molecule has 0 aromatic heterocycles. The van der Waals surface area contributed by atoms with Crippen LogP contribution >= 0.6 is 11.8 Å². The van der Waals surface area contributed by atoms with Crippen molar-refractivity contribution in [1.82, 2.24) is 5.32 Å². The molecule has 0 saturated heterocycles. The molecule has 0 spiro atoms. The first-order valence-electron chi connectivity index (χ1n) is 5.86. The zero-order valence-corrected chi connectivity index (χ0v) is 11.4. The zero-order valence-electron chi connectivity index (χ0n) is 10.6. The van der Waals surface area contributed by atoms with Crippen LogP contribution < -0.4 is 10.6 Å². The van der Waals surface area contributed by atoms with Gasteiger partial charge in [0.25, 0.3) is 0 Å². The number of nitrogens with one attached hydrogen (secondary N) is 2. The molecule has 1 aromatic rings. The molecule has 0 aliphatic carbocycles. The molecule has 0 fully saturated rings. The molecule has 0 aliphatic rings. The van der Waals surface area contributed by atoms with Crippen molar-refractivity contribution in [1.29, 1.82) is 0 Å². The van der Waals surface area contributed by atoms with Crippen LogP contribution in [-0.2, 0) is 4.79 Å². The first kappa shape index (κ1) is 14.1. The van der Waals surface area contributed by atoms with Crippen LogP contribution in [0.1, 0.15) is 20.3 Å². The van der Waals surface area contributed by atoms with Gasteiger partial charge in [0.05, 0.1) is 11.7 Å². The molecular weight excluding hydrogens is 232 g/mol. The third-order valence-corrected chi connectivity index (χ3v) is 3.25. The fraction of sp³-hybridized carbons (Fsp3) is 0.462. The Hall–Kier alpha value is -1.00. The molecule has 4 heteroatoms. The minimum Gasteiger partial charge on any atom is -0.324 e. The van der Waals surface area contributed by atoms with E-state index in [-0.39, 0.29) is 11.9 Å². The van der Waals surface area contributed by atoms with Gasteiger partial charge in [0.15, 0.2) is 0 Å². The van der Waals surface area contributed by atoms with E-state index < -0.39 is 0 Å². The normalized spacial score (nSPS) is 12.2. The molecule has 94 valence electrons. The van der Waals surface area contributed by atoms with Crippen LogP contribution in [0.15, 0.2) is 29.2 Å². The molecule has 0 aliphatic heterocycles. The molecule has 0 radical (unpaired) electrons. The van der Waals surface area contributed by atoms with Crippen LogP contribution in [0.4, 0.5) is 5.69 Å². The SMILES string of the molecule is CCCNC(C)C(=O)Nc1ccccc1SC. The standard InChI is InChI=1S/C13H20N2OS/c1-4-9-14-10(2)13(16)15-11-7-5-6-8-12(11)17-3/h5-8,10,14H,4,9H2,1-3H3,(H,15,16). The zero-order chi connectivity index (χ0) is 12.7. The fourth-order valence-electron chi connectivity index (χ4n) is 1.44. The van der Waals surface area contributed by atoms with E-state index in [2.05, 4.69) is 17.6 Å². The Bertz CT molecular complexity index is 368. The highest BCUT2D eigenvalue weighted by atomic mass is 32.2. The van der Waals surface area contributed by atoms with Gasteiger partial charge in [-0.2, -0.15) is 0 Å². The number of carbonyl (C=O) groups is 1. The number of carbonyl (C=O) groups excluding carboxylic acids is 1. The van der Waals surface area contributed by atoms with E-state index in [9.17, 15) is 4.79 Å². The highest BCUT2D eigenvalue weighted by molar-refractivity contribution is 7.98. The number of para-hydroxylation sites is 1. The van der Waals surface area contributed by atoms with Crippen molar-refractivity contribution < 1.29 is 4.79 Å². The van der Waals surface area contributed by atoms with Crippen molar-refractivity contribution in [2.75, 3.05) is 18.1 Å². The molecule has 1 amide bonds. The van der Waals surface area contributed by atoms with Gasteiger partial charge in [0.2, 0.25) is 5.91 Å². The van der Waals surface area contributed by atoms with E-state index in [1.807, 2.05) is 37.4 Å². The Morgan fingerprint density at radius 1 is 1.41 bits per heavy atom. The second kappa shape index (κ2) is 7.35. The Balaban J connectivity index is 2.61. The number of benzene rings is 1. The van der Waals surface area contributed by atoms with E-state index >= 15 is 0 Å². The molecule has 1 aromatic carbocycles. The van der Waals surface area contributed by atoms with Crippen LogP contribution in [0.3, 0.4) is 0 Å².